The van der Waals surface area contributed by atoms with E-state index in [-0.39, 0.29) is 24.3 Å². The predicted octanol–water partition coefficient (Wildman–Crippen LogP) is 1.54. The van der Waals surface area contributed by atoms with E-state index in [1.54, 1.807) is 11.8 Å². The second-order valence-electron chi connectivity index (χ2n) is 4.13. The number of amides is 1. The summed E-state index contributed by atoms with van der Waals surface area (Å²) in [5.74, 6) is 1.85. The summed E-state index contributed by atoms with van der Waals surface area (Å²) < 4.78 is 4.89. The lowest BCUT2D eigenvalue weighted by atomic mass is 10.1. The van der Waals surface area contributed by atoms with Crippen molar-refractivity contribution < 1.29 is 14.3 Å². The third-order valence-electron chi connectivity index (χ3n) is 2.71. The van der Waals surface area contributed by atoms with Gasteiger partial charge in [-0.3, -0.25) is 9.59 Å². The molecule has 1 unspecified atom stereocenters. The SMILES string of the molecule is CCCN(CC(=O)OCC)C(=O)C1CCSC1. The highest BCUT2D eigenvalue weighted by molar-refractivity contribution is 7.99. The van der Waals surface area contributed by atoms with Gasteiger partial charge in [-0.25, -0.2) is 0 Å². The Hall–Kier alpha value is -0.710. The van der Waals surface area contributed by atoms with Crippen LogP contribution in [0.1, 0.15) is 26.7 Å². The molecule has 0 aromatic rings. The number of hydrogen-bond donors (Lipinski definition) is 0. The second kappa shape index (κ2) is 7.58. The van der Waals surface area contributed by atoms with Crippen molar-refractivity contribution >= 4 is 23.6 Å². The maximum Gasteiger partial charge on any atom is 0.325 e. The third-order valence-corrected chi connectivity index (χ3v) is 3.87. The molecule has 0 bridgehead atoms. The van der Waals surface area contributed by atoms with Crippen LogP contribution < -0.4 is 0 Å². The number of carbonyl (C=O) groups is 2. The van der Waals surface area contributed by atoms with E-state index in [4.69, 9.17) is 4.74 Å². The first-order chi connectivity index (χ1) is 8.19. The Bertz CT molecular complexity index is 264. The summed E-state index contributed by atoms with van der Waals surface area (Å²) in [5.41, 5.74) is 0. The van der Waals surface area contributed by atoms with Gasteiger partial charge in [0.25, 0.3) is 0 Å². The van der Waals surface area contributed by atoms with Gasteiger partial charge in [0, 0.05) is 18.2 Å². The molecule has 0 N–H and O–H groups in total. The Labute approximate surface area is 107 Å². The lowest BCUT2D eigenvalue weighted by Crippen LogP contribution is -2.40. The molecular formula is C12H21NO3S. The lowest BCUT2D eigenvalue weighted by molar-refractivity contribution is -0.150. The smallest absolute Gasteiger partial charge is 0.325 e. The minimum atomic E-state index is -0.306. The van der Waals surface area contributed by atoms with Crippen molar-refractivity contribution in [3.8, 4) is 0 Å². The third kappa shape index (κ3) is 4.58. The first-order valence-corrected chi connectivity index (χ1v) is 7.36. The van der Waals surface area contributed by atoms with Gasteiger partial charge in [0.1, 0.15) is 6.54 Å². The van der Waals surface area contributed by atoms with Gasteiger partial charge in [0.2, 0.25) is 5.91 Å². The molecular weight excluding hydrogens is 238 g/mol. The van der Waals surface area contributed by atoms with E-state index in [1.165, 1.54) is 0 Å². The molecule has 0 radical (unpaired) electrons. The largest absolute Gasteiger partial charge is 0.465 e. The van der Waals surface area contributed by atoms with Gasteiger partial charge in [-0.05, 0) is 25.5 Å². The van der Waals surface area contributed by atoms with Crippen LogP contribution in [0.25, 0.3) is 0 Å². The van der Waals surface area contributed by atoms with Crippen LogP contribution in [-0.4, -0.2) is 48.0 Å². The Morgan fingerprint density at radius 1 is 1.41 bits per heavy atom. The molecule has 98 valence electrons. The first kappa shape index (κ1) is 14.4. The highest BCUT2D eigenvalue weighted by atomic mass is 32.2. The highest BCUT2D eigenvalue weighted by Crippen LogP contribution is 2.25. The average Bonchev–Trinajstić information content (AvgIpc) is 2.81. The van der Waals surface area contributed by atoms with Crippen LogP contribution in [0, 0.1) is 5.92 Å². The standard InChI is InChI=1S/C12H21NO3S/c1-3-6-13(8-11(14)16-4-2)12(15)10-5-7-17-9-10/h10H,3-9H2,1-2H3. The normalized spacial score (nSPS) is 19.1. The summed E-state index contributed by atoms with van der Waals surface area (Å²) >= 11 is 1.81. The van der Waals surface area contributed by atoms with E-state index in [1.807, 2.05) is 18.7 Å². The molecule has 0 saturated carbocycles. The van der Waals surface area contributed by atoms with E-state index in [0.717, 1.165) is 24.3 Å². The van der Waals surface area contributed by atoms with Gasteiger partial charge in [-0.1, -0.05) is 6.92 Å². The maximum atomic E-state index is 12.2. The molecule has 1 aliphatic rings. The molecule has 1 fully saturated rings. The number of ether oxygens (including phenoxy) is 1. The van der Waals surface area contributed by atoms with Crippen molar-refractivity contribution in [1.82, 2.24) is 4.90 Å². The summed E-state index contributed by atoms with van der Waals surface area (Å²) in [6.45, 7) is 4.89. The van der Waals surface area contributed by atoms with Crippen LogP contribution in [0.15, 0.2) is 0 Å². The zero-order valence-corrected chi connectivity index (χ0v) is 11.4. The van der Waals surface area contributed by atoms with Crippen molar-refractivity contribution in [3.05, 3.63) is 0 Å². The molecule has 0 spiro atoms. The minimum Gasteiger partial charge on any atom is -0.465 e. The van der Waals surface area contributed by atoms with Crippen LogP contribution in [0.3, 0.4) is 0 Å². The summed E-state index contributed by atoms with van der Waals surface area (Å²) in [4.78, 5) is 25.3. The van der Waals surface area contributed by atoms with Gasteiger partial charge in [-0.2, -0.15) is 11.8 Å². The molecule has 1 amide bonds. The number of esters is 1. The summed E-state index contributed by atoms with van der Waals surface area (Å²) in [5, 5.41) is 0. The Morgan fingerprint density at radius 3 is 2.71 bits per heavy atom. The lowest BCUT2D eigenvalue weighted by Gasteiger charge is -2.23. The molecule has 17 heavy (non-hydrogen) atoms. The van der Waals surface area contributed by atoms with Crippen LogP contribution in [-0.2, 0) is 14.3 Å². The van der Waals surface area contributed by atoms with Crippen LogP contribution in [0.5, 0.6) is 0 Å². The molecule has 0 aromatic heterocycles. The summed E-state index contributed by atoms with van der Waals surface area (Å²) in [7, 11) is 0. The molecule has 1 saturated heterocycles. The molecule has 1 aliphatic heterocycles. The Kier molecular flexibility index (Phi) is 6.40. The fraction of sp³-hybridized carbons (Fsp3) is 0.833. The topological polar surface area (TPSA) is 46.6 Å². The van der Waals surface area contributed by atoms with Crippen molar-refractivity contribution in [2.45, 2.75) is 26.7 Å². The van der Waals surface area contributed by atoms with Crippen LogP contribution >= 0.6 is 11.8 Å². The van der Waals surface area contributed by atoms with Crippen molar-refractivity contribution in [2.24, 2.45) is 5.92 Å². The molecule has 1 atom stereocenters. The fourth-order valence-electron chi connectivity index (χ4n) is 1.89. The maximum absolute atomic E-state index is 12.2. The van der Waals surface area contributed by atoms with Crippen molar-refractivity contribution in [1.29, 1.82) is 0 Å². The highest BCUT2D eigenvalue weighted by Gasteiger charge is 2.28. The molecule has 5 heteroatoms. The van der Waals surface area contributed by atoms with E-state index in [2.05, 4.69) is 0 Å². The average molecular weight is 259 g/mol. The summed E-state index contributed by atoms with van der Waals surface area (Å²) in [6.07, 6.45) is 1.80. The number of hydrogen-bond acceptors (Lipinski definition) is 4. The van der Waals surface area contributed by atoms with Crippen molar-refractivity contribution in [3.63, 3.8) is 0 Å². The molecule has 0 aliphatic carbocycles. The van der Waals surface area contributed by atoms with Gasteiger partial charge in [0.15, 0.2) is 0 Å². The van der Waals surface area contributed by atoms with Crippen LogP contribution in [0.4, 0.5) is 0 Å². The molecule has 1 rings (SSSR count). The van der Waals surface area contributed by atoms with Crippen LogP contribution in [0.2, 0.25) is 0 Å². The second-order valence-corrected chi connectivity index (χ2v) is 5.28. The quantitative estimate of drug-likeness (QED) is 0.679. The molecule has 4 nitrogen and oxygen atoms in total. The number of carbonyl (C=O) groups excluding carboxylic acids is 2. The van der Waals surface area contributed by atoms with E-state index in [0.29, 0.717) is 13.2 Å². The van der Waals surface area contributed by atoms with E-state index in [9.17, 15) is 9.59 Å². The van der Waals surface area contributed by atoms with E-state index >= 15 is 0 Å². The van der Waals surface area contributed by atoms with Gasteiger partial charge >= 0.3 is 5.97 Å². The van der Waals surface area contributed by atoms with Crippen molar-refractivity contribution in [2.75, 3.05) is 31.2 Å². The summed E-state index contributed by atoms with van der Waals surface area (Å²) in [6, 6.07) is 0. The Morgan fingerprint density at radius 2 is 2.18 bits per heavy atom. The predicted molar refractivity (Wildman–Crippen MR) is 68.9 cm³/mol. The zero-order valence-electron chi connectivity index (χ0n) is 10.6. The number of nitrogens with zero attached hydrogens (tertiary/aromatic N) is 1. The molecule has 1 heterocycles. The number of thioether (sulfide) groups is 1. The van der Waals surface area contributed by atoms with Gasteiger partial charge in [0.05, 0.1) is 6.61 Å². The fourth-order valence-corrected chi connectivity index (χ4v) is 3.10. The van der Waals surface area contributed by atoms with Gasteiger partial charge < -0.3 is 9.64 Å². The monoisotopic (exact) mass is 259 g/mol. The van der Waals surface area contributed by atoms with Gasteiger partial charge in [-0.15, -0.1) is 0 Å². The zero-order chi connectivity index (χ0) is 12.7. The van der Waals surface area contributed by atoms with E-state index < -0.39 is 0 Å². The minimum absolute atomic E-state index is 0.0981. The number of rotatable bonds is 6. The molecule has 0 aromatic carbocycles. The Balaban J connectivity index is 2.51. The first-order valence-electron chi connectivity index (χ1n) is 6.21.